The first-order valence-electron chi connectivity index (χ1n) is 9.44. The molecule has 4 nitrogen and oxygen atoms in total. The molecule has 2 aromatic rings. The standard InChI is InChI=1S/C22H27NO3/c1-2-14-23(16-21-9-6-15-25-21)22(24)17-26-20-12-10-19(11-13-20)18-7-4-3-5-8-18/h3-5,7-8,10-13,21H,2,6,9,14-17H2,1H3. The molecule has 1 heterocycles. The number of benzene rings is 2. The Labute approximate surface area is 155 Å². The summed E-state index contributed by atoms with van der Waals surface area (Å²) in [4.78, 5) is 14.4. The molecule has 4 heteroatoms. The van der Waals surface area contributed by atoms with Gasteiger partial charge in [0.2, 0.25) is 0 Å². The molecule has 1 aliphatic rings. The minimum Gasteiger partial charge on any atom is -0.484 e. The van der Waals surface area contributed by atoms with Gasteiger partial charge in [-0.15, -0.1) is 0 Å². The van der Waals surface area contributed by atoms with Crippen LogP contribution >= 0.6 is 0 Å². The lowest BCUT2D eigenvalue weighted by molar-refractivity contribution is -0.135. The second-order valence-electron chi connectivity index (χ2n) is 6.65. The normalized spacial score (nSPS) is 16.4. The van der Waals surface area contributed by atoms with Gasteiger partial charge in [-0.05, 0) is 42.5 Å². The van der Waals surface area contributed by atoms with Crippen molar-refractivity contribution in [2.75, 3.05) is 26.3 Å². The summed E-state index contributed by atoms with van der Waals surface area (Å²) in [7, 11) is 0. The second-order valence-corrected chi connectivity index (χ2v) is 6.65. The van der Waals surface area contributed by atoms with E-state index in [1.165, 1.54) is 5.56 Å². The Morgan fingerprint density at radius 2 is 1.85 bits per heavy atom. The van der Waals surface area contributed by atoms with Crippen molar-refractivity contribution in [2.24, 2.45) is 0 Å². The maximum atomic E-state index is 12.5. The Morgan fingerprint density at radius 1 is 1.12 bits per heavy atom. The third-order valence-electron chi connectivity index (χ3n) is 4.62. The van der Waals surface area contributed by atoms with E-state index in [4.69, 9.17) is 9.47 Å². The number of carbonyl (C=O) groups excluding carboxylic acids is 1. The van der Waals surface area contributed by atoms with E-state index in [9.17, 15) is 4.79 Å². The number of rotatable bonds is 8. The number of hydrogen-bond acceptors (Lipinski definition) is 3. The van der Waals surface area contributed by atoms with Crippen LogP contribution < -0.4 is 4.74 Å². The monoisotopic (exact) mass is 353 g/mol. The topological polar surface area (TPSA) is 38.8 Å². The van der Waals surface area contributed by atoms with Crippen LogP contribution in [-0.2, 0) is 9.53 Å². The Balaban J connectivity index is 1.54. The van der Waals surface area contributed by atoms with E-state index in [0.717, 1.165) is 38.0 Å². The van der Waals surface area contributed by atoms with Crippen LogP contribution in [0.4, 0.5) is 0 Å². The van der Waals surface area contributed by atoms with Crippen LogP contribution in [0.15, 0.2) is 54.6 Å². The van der Waals surface area contributed by atoms with Crippen LogP contribution in [0.3, 0.4) is 0 Å². The van der Waals surface area contributed by atoms with Gasteiger partial charge in [0.25, 0.3) is 5.91 Å². The van der Waals surface area contributed by atoms with Crippen molar-refractivity contribution < 1.29 is 14.3 Å². The number of nitrogens with zero attached hydrogens (tertiary/aromatic N) is 1. The van der Waals surface area contributed by atoms with Crippen molar-refractivity contribution in [3.63, 3.8) is 0 Å². The number of hydrogen-bond donors (Lipinski definition) is 0. The summed E-state index contributed by atoms with van der Waals surface area (Å²) in [6, 6.07) is 18.1. The van der Waals surface area contributed by atoms with Crippen molar-refractivity contribution in [3.8, 4) is 16.9 Å². The Kier molecular flexibility index (Phi) is 6.67. The molecule has 0 radical (unpaired) electrons. The molecule has 1 amide bonds. The molecule has 1 atom stereocenters. The first-order valence-corrected chi connectivity index (χ1v) is 9.44. The minimum absolute atomic E-state index is 0.0227. The van der Waals surface area contributed by atoms with Gasteiger partial charge in [0.05, 0.1) is 6.10 Å². The number of amides is 1. The summed E-state index contributed by atoms with van der Waals surface area (Å²) in [5.74, 6) is 0.737. The van der Waals surface area contributed by atoms with Gasteiger partial charge in [0.15, 0.2) is 6.61 Å². The van der Waals surface area contributed by atoms with Gasteiger partial charge in [-0.3, -0.25) is 4.79 Å². The van der Waals surface area contributed by atoms with E-state index in [1.54, 1.807) is 0 Å². The number of ether oxygens (including phenoxy) is 2. The van der Waals surface area contributed by atoms with Crippen LogP contribution in [-0.4, -0.2) is 43.2 Å². The molecule has 2 aromatic carbocycles. The zero-order valence-electron chi connectivity index (χ0n) is 15.4. The van der Waals surface area contributed by atoms with E-state index in [0.29, 0.717) is 12.3 Å². The van der Waals surface area contributed by atoms with Gasteiger partial charge in [-0.25, -0.2) is 0 Å². The third-order valence-corrected chi connectivity index (χ3v) is 4.62. The van der Waals surface area contributed by atoms with Crippen LogP contribution in [0.25, 0.3) is 11.1 Å². The van der Waals surface area contributed by atoms with E-state index < -0.39 is 0 Å². The van der Waals surface area contributed by atoms with Gasteiger partial charge in [-0.1, -0.05) is 49.4 Å². The summed E-state index contributed by atoms with van der Waals surface area (Å²) in [6.07, 6.45) is 3.23. The Hall–Kier alpha value is -2.33. The molecule has 1 fully saturated rings. The van der Waals surface area contributed by atoms with Crippen molar-refractivity contribution in [1.29, 1.82) is 0 Å². The van der Waals surface area contributed by atoms with E-state index in [-0.39, 0.29) is 18.6 Å². The lowest BCUT2D eigenvalue weighted by Gasteiger charge is -2.25. The summed E-state index contributed by atoms with van der Waals surface area (Å²) in [5.41, 5.74) is 2.30. The molecule has 0 aromatic heterocycles. The van der Waals surface area contributed by atoms with Gasteiger partial charge < -0.3 is 14.4 Å². The molecule has 0 N–H and O–H groups in total. The van der Waals surface area contributed by atoms with Crippen LogP contribution in [0, 0.1) is 0 Å². The van der Waals surface area contributed by atoms with Gasteiger partial charge >= 0.3 is 0 Å². The maximum absolute atomic E-state index is 12.5. The molecule has 3 rings (SSSR count). The molecule has 0 spiro atoms. The highest BCUT2D eigenvalue weighted by Gasteiger charge is 2.22. The summed E-state index contributed by atoms with van der Waals surface area (Å²) in [6.45, 7) is 4.37. The lowest BCUT2D eigenvalue weighted by Crippen LogP contribution is -2.40. The summed E-state index contributed by atoms with van der Waals surface area (Å²) in [5, 5.41) is 0. The minimum atomic E-state index is 0.0227. The first kappa shape index (κ1) is 18.5. The highest BCUT2D eigenvalue weighted by molar-refractivity contribution is 5.77. The molecule has 0 aliphatic carbocycles. The van der Waals surface area contributed by atoms with Crippen LogP contribution in [0.2, 0.25) is 0 Å². The molecule has 0 saturated carbocycles. The lowest BCUT2D eigenvalue weighted by atomic mass is 10.1. The molecular weight excluding hydrogens is 326 g/mol. The highest BCUT2D eigenvalue weighted by Crippen LogP contribution is 2.22. The van der Waals surface area contributed by atoms with Crippen molar-refractivity contribution in [2.45, 2.75) is 32.3 Å². The fourth-order valence-electron chi connectivity index (χ4n) is 3.23. The molecule has 1 saturated heterocycles. The SMILES string of the molecule is CCCN(CC1CCCO1)C(=O)COc1ccc(-c2ccccc2)cc1. The molecule has 0 bridgehead atoms. The van der Waals surface area contributed by atoms with Gasteiger partial charge in [0.1, 0.15) is 5.75 Å². The molecule has 26 heavy (non-hydrogen) atoms. The Bertz CT molecular complexity index is 678. The van der Waals surface area contributed by atoms with E-state index in [2.05, 4.69) is 19.1 Å². The van der Waals surface area contributed by atoms with Crippen LogP contribution in [0.5, 0.6) is 5.75 Å². The second kappa shape index (κ2) is 9.39. The molecule has 1 unspecified atom stereocenters. The summed E-state index contributed by atoms with van der Waals surface area (Å²) >= 11 is 0. The highest BCUT2D eigenvalue weighted by atomic mass is 16.5. The average molecular weight is 353 g/mol. The van der Waals surface area contributed by atoms with Crippen molar-refractivity contribution in [1.82, 2.24) is 4.90 Å². The largest absolute Gasteiger partial charge is 0.484 e. The smallest absolute Gasteiger partial charge is 0.260 e. The third kappa shape index (κ3) is 5.09. The van der Waals surface area contributed by atoms with E-state index in [1.807, 2.05) is 47.4 Å². The quantitative estimate of drug-likeness (QED) is 0.716. The molecular formula is C22H27NO3. The molecule has 138 valence electrons. The average Bonchev–Trinajstić information content (AvgIpc) is 3.20. The fourth-order valence-corrected chi connectivity index (χ4v) is 3.23. The predicted molar refractivity (Wildman–Crippen MR) is 103 cm³/mol. The van der Waals surface area contributed by atoms with Crippen molar-refractivity contribution in [3.05, 3.63) is 54.6 Å². The Morgan fingerprint density at radius 3 is 2.50 bits per heavy atom. The van der Waals surface area contributed by atoms with Crippen LogP contribution in [0.1, 0.15) is 26.2 Å². The predicted octanol–water partition coefficient (Wildman–Crippen LogP) is 4.15. The summed E-state index contributed by atoms with van der Waals surface area (Å²) < 4.78 is 11.4. The maximum Gasteiger partial charge on any atom is 0.260 e. The zero-order chi connectivity index (χ0) is 18.2. The molecule has 1 aliphatic heterocycles. The van der Waals surface area contributed by atoms with Gasteiger partial charge in [-0.2, -0.15) is 0 Å². The zero-order valence-corrected chi connectivity index (χ0v) is 15.4. The van der Waals surface area contributed by atoms with Crippen molar-refractivity contribution >= 4 is 5.91 Å². The van der Waals surface area contributed by atoms with E-state index >= 15 is 0 Å². The first-order chi connectivity index (χ1) is 12.8. The fraction of sp³-hybridized carbons (Fsp3) is 0.409. The number of carbonyl (C=O) groups is 1. The van der Waals surface area contributed by atoms with Gasteiger partial charge in [0, 0.05) is 19.7 Å².